The van der Waals surface area contributed by atoms with Crippen molar-refractivity contribution in [3.8, 4) is 0 Å². The summed E-state index contributed by atoms with van der Waals surface area (Å²) in [5.74, 6) is -1.05. The molecule has 5 nitrogen and oxygen atoms in total. The van der Waals surface area contributed by atoms with Gasteiger partial charge in [-0.2, -0.15) is 0 Å². The van der Waals surface area contributed by atoms with E-state index < -0.39 is 15.8 Å². The summed E-state index contributed by atoms with van der Waals surface area (Å²) in [5.41, 5.74) is 0.558. The fourth-order valence-electron chi connectivity index (χ4n) is 1.58. The number of aromatic amines is 1. The Labute approximate surface area is 98.0 Å². The molecule has 0 radical (unpaired) electrons. The molecule has 6 heteroatoms. The average Bonchev–Trinajstić information content (AvgIpc) is 2.71. The predicted octanol–water partition coefficient (Wildman–Crippen LogP) is 1.66. The summed E-state index contributed by atoms with van der Waals surface area (Å²) < 4.78 is 23.3. The van der Waals surface area contributed by atoms with E-state index in [-0.39, 0.29) is 16.3 Å². The highest BCUT2D eigenvalue weighted by Gasteiger charge is 2.14. The number of hydrogen-bond acceptors (Lipinski definition) is 3. The second kappa shape index (κ2) is 3.89. The van der Waals surface area contributed by atoms with Crippen LogP contribution in [-0.2, 0) is 9.84 Å². The topological polar surface area (TPSA) is 87.2 Å². The van der Waals surface area contributed by atoms with Gasteiger partial charge in [-0.05, 0) is 18.2 Å². The van der Waals surface area contributed by atoms with Crippen LogP contribution in [0.5, 0.6) is 0 Å². The van der Waals surface area contributed by atoms with Crippen LogP contribution >= 0.6 is 0 Å². The standard InChI is InChI=1S/C11H11NO4S/c1-2-17(15,16)8-4-3-7-5-10(11(13)14)12-9(7)6-8/h3-6,12H,2H2,1H3,(H,13,14). The highest BCUT2D eigenvalue weighted by Crippen LogP contribution is 2.20. The molecule has 0 spiro atoms. The van der Waals surface area contributed by atoms with Gasteiger partial charge in [-0.25, -0.2) is 13.2 Å². The van der Waals surface area contributed by atoms with Crippen molar-refractivity contribution < 1.29 is 18.3 Å². The summed E-state index contributed by atoms with van der Waals surface area (Å²) in [6.07, 6.45) is 0. The molecule has 0 unspecified atom stereocenters. The number of sulfone groups is 1. The molecule has 1 aromatic heterocycles. The quantitative estimate of drug-likeness (QED) is 0.870. The minimum atomic E-state index is -3.27. The number of carboxylic acids is 1. The van der Waals surface area contributed by atoms with Crippen LogP contribution in [-0.4, -0.2) is 30.2 Å². The van der Waals surface area contributed by atoms with Gasteiger partial charge in [0, 0.05) is 10.9 Å². The molecule has 0 bridgehead atoms. The fourth-order valence-corrected chi connectivity index (χ4v) is 2.49. The van der Waals surface area contributed by atoms with Crippen LogP contribution in [0, 0.1) is 0 Å². The summed E-state index contributed by atoms with van der Waals surface area (Å²) in [5, 5.41) is 9.49. The summed E-state index contributed by atoms with van der Waals surface area (Å²) in [4.78, 5) is 13.6. The fraction of sp³-hybridized carbons (Fsp3) is 0.182. The molecule has 0 amide bonds. The third-order valence-corrected chi connectivity index (χ3v) is 4.30. The Kier molecular flexibility index (Phi) is 2.66. The van der Waals surface area contributed by atoms with Crippen LogP contribution in [0.2, 0.25) is 0 Å². The molecule has 0 aliphatic heterocycles. The van der Waals surface area contributed by atoms with Crippen molar-refractivity contribution in [2.45, 2.75) is 11.8 Å². The minimum Gasteiger partial charge on any atom is -0.477 e. The molecule has 1 heterocycles. The Morgan fingerprint density at radius 3 is 2.65 bits per heavy atom. The first kappa shape index (κ1) is 11.7. The van der Waals surface area contributed by atoms with E-state index in [9.17, 15) is 13.2 Å². The molecule has 1 aromatic carbocycles. The summed E-state index contributed by atoms with van der Waals surface area (Å²) in [7, 11) is -3.27. The number of benzene rings is 1. The van der Waals surface area contributed by atoms with Gasteiger partial charge >= 0.3 is 5.97 Å². The zero-order valence-corrected chi connectivity index (χ0v) is 9.91. The number of H-pyrrole nitrogens is 1. The number of nitrogens with one attached hydrogen (secondary N) is 1. The van der Waals surface area contributed by atoms with Gasteiger partial charge in [-0.15, -0.1) is 0 Å². The van der Waals surface area contributed by atoms with Crippen LogP contribution in [0.4, 0.5) is 0 Å². The Bertz CT molecular complexity index is 685. The van der Waals surface area contributed by atoms with Gasteiger partial charge in [0.1, 0.15) is 5.69 Å². The maximum atomic E-state index is 11.7. The lowest BCUT2D eigenvalue weighted by molar-refractivity contribution is 0.0691. The molecule has 17 heavy (non-hydrogen) atoms. The van der Waals surface area contributed by atoms with Crippen LogP contribution in [0.15, 0.2) is 29.2 Å². The molecule has 2 rings (SSSR count). The lowest BCUT2D eigenvalue weighted by Crippen LogP contribution is -2.03. The van der Waals surface area contributed by atoms with Crippen molar-refractivity contribution in [3.05, 3.63) is 30.0 Å². The molecular weight excluding hydrogens is 242 g/mol. The van der Waals surface area contributed by atoms with Gasteiger partial charge in [-0.1, -0.05) is 13.0 Å². The Morgan fingerprint density at radius 1 is 1.35 bits per heavy atom. The van der Waals surface area contributed by atoms with Crippen LogP contribution in [0.1, 0.15) is 17.4 Å². The zero-order valence-electron chi connectivity index (χ0n) is 9.10. The van der Waals surface area contributed by atoms with Gasteiger partial charge in [-0.3, -0.25) is 0 Å². The lowest BCUT2D eigenvalue weighted by Gasteiger charge is -2.00. The lowest BCUT2D eigenvalue weighted by atomic mass is 10.2. The third kappa shape index (κ3) is 2.03. The van der Waals surface area contributed by atoms with Crippen LogP contribution in [0.3, 0.4) is 0 Å². The normalized spacial score (nSPS) is 11.8. The second-order valence-electron chi connectivity index (χ2n) is 3.64. The van der Waals surface area contributed by atoms with E-state index in [0.717, 1.165) is 0 Å². The molecule has 0 saturated heterocycles. The van der Waals surface area contributed by atoms with Gasteiger partial charge in [0.2, 0.25) is 0 Å². The van der Waals surface area contributed by atoms with E-state index in [1.807, 2.05) is 0 Å². The van der Waals surface area contributed by atoms with Crippen LogP contribution in [0.25, 0.3) is 10.9 Å². The first-order chi connectivity index (χ1) is 7.94. The maximum absolute atomic E-state index is 11.7. The summed E-state index contributed by atoms with van der Waals surface area (Å²) in [6.45, 7) is 1.57. The van der Waals surface area contributed by atoms with Gasteiger partial charge < -0.3 is 10.1 Å². The van der Waals surface area contributed by atoms with E-state index in [4.69, 9.17) is 5.11 Å². The van der Waals surface area contributed by atoms with Gasteiger partial charge in [0.15, 0.2) is 9.84 Å². The van der Waals surface area contributed by atoms with Crippen molar-refractivity contribution in [1.29, 1.82) is 0 Å². The number of carbonyl (C=O) groups is 1. The number of fused-ring (bicyclic) bond motifs is 1. The zero-order chi connectivity index (χ0) is 12.6. The summed E-state index contributed by atoms with van der Waals surface area (Å²) in [6, 6.07) is 6.02. The molecule has 0 aliphatic carbocycles. The monoisotopic (exact) mass is 253 g/mol. The number of rotatable bonds is 3. The molecule has 2 aromatic rings. The molecule has 0 atom stereocenters. The van der Waals surface area contributed by atoms with E-state index in [2.05, 4.69) is 4.98 Å². The van der Waals surface area contributed by atoms with Crippen molar-refractivity contribution in [2.24, 2.45) is 0 Å². The Balaban J connectivity index is 2.62. The Hall–Kier alpha value is -1.82. The van der Waals surface area contributed by atoms with Crippen molar-refractivity contribution in [2.75, 3.05) is 5.75 Å². The third-order valence-electron chi connectivity index (χ3n) is 2.56. The first-order valence-corrected chi connectivity index (χ1v) is 6.68. The summed E-state index contributed by atoms with van der Waals surface area (Å²) >= 11 is 0. The predicted molar refractivity (Wildman–Crippen MR) is 63.0 cm³/mol. The molecule has 90 valence electrons. The highest BCUT2D eigenvalue weighted by molar-refractivity contribution is 7.91. The average molecular weight is 253 g/mol. The number of hydrogen-bond donors (Lipinski definition) is 2. The Morgan fingerprint density at radius 2 is 2.06 bits per heavy atom. The second-order valence-corrected chi connectivity index (χ2v) is 5.92. The smallest absolute Gasteiger partial charge is 0.352 e. The molecule has 2 N–H and O–H groups in total. The van der Waals surface area contributed by atoms with Crippen molar-refractivity contribution in [1.82, 2.24) is 4.98 Å². The number of aromatic carboxylic acids is 1. The minimum absolute atomic E-state index is 0.0189. The SMILES string of the molecule is CCS(=O)(=O)c1ccc2cc(C(=O)O)[nH]c2c1. The first-order valence-electron chi connectivity index (χ1n) is 5.03. The van der Waals surface area contributed by atoms with Gasteiger partial charge in [0.05, 0.1) is 10.6 Å². The molecule has 0 aliphatic rings. The van der Waals surface area contributed by atoms with Gasteiger partial charge in [0.25, 0.3) is 0 Å². The van der Waals surface area contributed by atoms with E-state index >= 15 is 0 Å². The van der Waals surface area contributed by atoms with E-state index in [0.29, 0.717) is 10.9 Å². The van der Waals surface area contributed by atoms with E-state index in [1.54, 1.807) is 13.0 Å². The molecule has 0 fully saturated rings. The van der Waals surface area contributed by atoms with E-state index in [1.165, 1.54) is 18.2 Å². The van der Waals surface area contributed by atoms with Crippen molar-refractivity contribution >= 4 is 26.7 Å². The maximum Gasteiger partial charge on any atom is 0.352 e. The highest BCUT2D eigenvalue weighted by atomic mass is 32.2. The molecular formula is C11H11NO4S. The number of carboxylic acid groups (broad SMARTS) is 1. The molecule has 0 saturated carbocycles. The largest absolute Gasteiger partial charge is 0.477 e. The van der Waals surface area contributed by atoms with Crippen molar-refractivity contribution in [3.63, 3.8) is 0 Å². The van der Waals surface area contributed by atoms with Crippen LogP contribution < -0.4 is 0 Å². The number of aromatic nitrogens is 1.